The molecule has 1 nitrogen and oxygen atoms in total. The zero-order valence-electron chi connectivity index (χ0n) is 10.1. The topological polar surface area (TPSA) is 12.0 Å². The molecule has 1 atom stereocenters. The van der Waals surface area contributed by atoms with Crippen LogP contribution in [0.5, 0.6) is 0 Å². The van der Waals surface area contributed by atoms with Crippen molar-refractivity contribution < 1.29 is 4.39 Å². The summed E-state index contributed by atoms with van der Waals surface area (Å²) in [5.74, 6) is -0.436. The van der Waals surface area contributed by atoms with Gasteiger partial charge in [0.1, 0.15) is 5.82 Å². The van der Waals surface area contributed by atoms with Crippen LogP contribution in [0.3, 0.4) is 0 Å². The van der Waals surface area contributed by atoms with Crippen molar-refractivity contribution in [2.75, 3.05) is 7.05 Å². The monoisotopic (exact) mass is 317 g/mol. The predicted molar refractivity (Wildman–Crippen MR) is 78.8 cm³/mol. The summed E-state index contributed by atoms with van der Waals surface area (Å²) in [5.41, 5.74) is 1.78. The summed E-state index contributed by atoms with van der Waals surface area (Å²) in [4.78, 5) is 0. The third-order valence-electron chi connectivity index (χ3n) is 2.84. The van der Waals surface area contributed by atoms with Gasteiger partial charge < -0.3 is 5.32 Å². The van der Waals surface area contributed by atoms with Gasteiger partial charge in [-0.1, -0.05) is 46.9 Å². The highest BCUT2D eigenvalue weighted by Crippen LogP contribution is 2.30. The lowest BCUT2D eigenvalue weighted by Gasteiger charge is -2.18. The molecular formula is C14H11Cl3FN. The van der Waals surface area contributed by atoms with Gasteiger partial charge in [0, 0.05) is 0 Å². The molecule has 100 valence electrons. The number of hydrogen-bond acceptors (Lipinski definition) is 1. The Morgan fingerprint density at radius 2 is 1.47 bits per heavy atom. The molecule has 5 heteroatoms. The second-order valence-corrected chi connectivity index (χ2v) is 5.29. The van der Waals surface area contributed by atoms with Gasteiger partial charge in [-0.3, -0.25) is 0 Å². The Balaban J connectivity index is 2.43. The van der Waals surface area contributed by atoms with Gasteiger partial charge in [0.05, 0.1) is 21.1 Å². The van der Waals surface area contributed by atoms with Crippen LogP contribution in [0.2, 0.25) is 15.1 Å². The first kappa shape index (κ1) is 14.6. The predicted octanol–water partition coefficient (Wildman–Crippen LogP) is 5.09. The van der Waals surface area contributed by atoms with Gasteiger partial charge in [-0.25, -0.2) is 4.39 Å². The van der Waals surface area contributed by atoms with Crippen molar-refractivity contribution in [3.05, 3.63) is 68.4 Å². The highest BCUT2D eigenvalue weighted by molar-refractivity contribution is 6.42. The molecule has 0 saturated heterocycles. The number of benzene rings is 2. The van der Waals surface area contributed by atoms with Crippen molar-refractivity contribution in [1.29, 1.82) is 0 Å². The summed E-state index contributed by atoms with van der Waals surface area (Å²) in [6.45, 7) is 0. The molecule has 0 amide bonds. The number of halogens is 4. The lowest BCUT2D eigenvalue weighted by atomic mass is 9.99. The zero-order valence-corrected chi connectivity index (χ0v) is 12.3. The van der Waals surface area contributed by atoms with E-state index in [-0.39, 0.29) is 11.1 Å². The van der Waals surface area contributed by atoms with E-state index in [1.54, 1.807) is 24.3 Å². The first-order valence-corrected chi connectivity index (χ1v) is 6.73. The van der Waals surface area contributed by atoms with Crippen molar-refractivity contribution in [2.45, 2.75) is 6.04 Å². The highest BCUT2D eigenvalue weighted by Gasteiger charge is 2.14. The molecule has 0 aliphatic carbocycles. The summed E-state index contributed by atoms with van der Waals surface area (Å²) in [6.07, 6.45) is 0. The summed E-state index contributed by atoms with van der Waals surface area (Å²) in [7, 11) is 1.81. The Morgan fingerprint density at radius 3 is 2.00 bits per heavy atom. The number of hydrogen-bond donors (Lipinski definition) is 1. The minimum Gasteiger partial charge on any atom is -0.309 e. The molecule has 1 N–H and O–H groups in total. The van der Waals surface area contributed by atoms with E-state index in [4.69, 9.17) is 34.8 Å². The van der Waals surface area contributed by atoms with Crippen molar-refractivity contribution in [2.24, 2.45) is 0 Å². The van der Waals surface area contributed by atoms with Gasteiger partial charge in [0.15, 0.2) is 0 Å². The van der Waals surface area contributed by atoms with E-state index in [0.717, 1.165) is 11.1 Å². The van der Waals surface area contributed by atoms with E-state index >= 15 is 0 Å². The zero-order chi connectivity index (χ0) is 14.0. The van der Waals surface area contributed by atoms with E-state index < -0.39 is 5.82 Å². The smallest absolute Gasteiger partial charge is 0.141 e. The SMILES string of the molecule is CNC(c1ccc(F)c(Cl)c1)c1ccc(Cl)c(Cl)c1. The Bertz CT molecular complexity index is 550. The lowest BCUT2D eigenvalue weighted by molar-refractivity contribution is 0.624. The Kier molecular flexibility index (Phi) is 4.69. The second-order valence-electron chi connectivity index (χ2n) is 4.07. The average Bonchev–Trinajstić information content (AvgIpc) is 2.39. The molecule has 0 aliphatic rings. The van der Waals surface area contributed by atoms with E-state index in [9.17, 15) is 4.39 Å². The summed E-state index contributed by atoms with van der Waals surface area (Å²) < 4.78 is 13.2. The van der Waals surface area contributed by atoms with Crippen molar-refractivity contribution in [3.63, 3.8) is 0 Å². The van der Waals surface area contributed by atoms with Crippen LogP contribution in [0, 0.1) is 5.82 Å². The molecule has 0 fully saturated rings. The van der Waals surface area contributed by atoms with E-state index in [1.165, 1.54) is 6.07 Å². The van der Waals surface area contributed by atoms with Gasteiger partial charge in [-0.05, 0) is 42.4 Å². The summed E-state index contributed by atoms with van der Waals surface area (Å²) in [6, 6.07) is 9.88. The Hall–Kier alpha value is -0.800. The van der Waals surface area contributed by atoms with Crippen LogP contribution in [-0.2, 0) is 0 Å². The average molecular weight is 319 g/mol. The molecule has 0 aliphatic heterocycles. The minimum atomic E-state index is -0.436. The van der Waals surface area contributed by atoms with Crippen LogP contribution in [-0.4, -0.2) is 7.05 Å². The molecule has 0 bridgehead atoms. The maximum absolute atomic E-state index is 13.2. The summed E-state index contributed by atoms with van der Waals surface area (Å²) >= 11 is 17.7. The van der Waals surface area contributed by atoms with Gasteiger partial charge >= 0.3 is 0 Å². The molecular weight excluding hydrogens is 308 g/mol. The van der Waals surface area contributed by atoms with Gasteiger partial charge in [-0.2, -0.15) is 0 Å². The minimum absolute atomic E-state index is 0.0952. The van der Waals surface area contributed by atoms with Crippen LogP contribution >= 0.6 is 34.8 Å². The molecule has 19 heavy (non-hydrogen) atoms. The van der Waals surface area contributed by atoms with Gasteiger partial charge in [-0.15, -0.1) is 0 Å². The van der Waals surface area contributed by atoms with Crippen LogP contribution in [0.4, 0.5) is 4.39 Å². The highest BCUT2D eigenvalue weighted by atomic mass is 35.5. The second kappa shape index (κ2) is 6.10. The van der Waals surface area contributed by atoms with Crippen LogP contribution < -0.4 is 5.32 Å². The van der Waals surface area contributed by atoms with Crippen LogP contribution in [0.1, 0.15) is 17.2 Å². The maximum atomic E-state index is 13.2. The third kappa shape index (κ3) is 3.21. The van der Waals surface area contributed by atoms with E-state index in [0.29, 0.717) is 10.0 Å². The molecule has 2 aromatic rings. The Morgan fingerprint density at radius 1 is 0.895 bits per heavy atom. The maximum Gasteiger partial charge on any atom is 0.141 e. The third-order valence-corrected chi connectivity index (χ3v) is 3.87. The fourth-order valence-electron chi connectivity index (χ4n) is 1.91. The standard InChI is InChI=1S/C14H11Cl3FN/c1-19-14(8-2-4-10(15)11(16)6-8)9-3-5-13(18)12(17)7-9/h2-7,14,19H,1H3. The number of rotatable bonds is 3. The van der Waals surface area contributed by atoms with E-state index in [2.05, 4.69) is 5.32 Å². The van der Waals surface area contributed by atoms with Crippen molar-refractivity contribution in [3.8, 4) is 0 Å². The summed E-state index contributed by atoms with van der Waals surface area (Å²) in [5, 5.41) is 4.22. The first-order valence-electron chi connectivity index (χ1n) is 5.60. The molecule has 0 spiro atoms. The fourth-order valence-corrected chi connectivity index (χ4v) is 2.41. The molecule has 0 aromatic heterocycles. The molecule has 0 heterocycles. The van der Waals surface area contributed by atoms with Gasteiger partial charge in [0.2, 0.25) is 0 Å². The number of nitrogens with one attached hydrogen (secondary N) is 1. The van der Waals surface area contributed by atoms with Crippen LogP contribution in [0.15, 0.2) is 36.4 Å². The van der Waals surface area contributed by atoms with E-state index in [1.807, 2.05) is 13.1 Å². The van der Waals surface area contributed by atoms with Gasteiger partial charge in [0.25, 0.3) is 0 Å². The molecule has 1 unspecified atom stereocenters. The molecule has 2 aromatic carbocycles. The fraction of sp³-hybridized carbons (Fsp3) is 0.143. The quantitative estimate of drug-likeness (QED) is 0.830. The van der Waals surface area contributed by atoms with Crippen molar-refractivity contribution >= 4 is 34.8 Å². The molecule has 0 saturated carbocycles. The van der Waals surface area contributed by atoms with Crippen LogP contribution in [0.25, 0.3) is 0 Å². The first-order chi connectivity index (χ1) is 9.02. The lowest BCUT2D eigenvalue weighted by Crippen LogP contribution is -2.17. The normalized spacial score (nSPS) is 12.5. The van der Waals surface area contributed by atoms with Crippen molar-refractivity contribution in [1.82, 2.24) is 5.32 Å². The molecule has 2 rings (SSSR count). The Labute approximate surface area is 126 Å². The largest absolute Gasteiger partial charge is 0.309 e. The molecule has 0 radical (unpaired) electrons.